The zero-order chi connectivity index (χ0) is 13.8. The van der Waals surface area contributed by atoms with Crippen LogP contribution in [0.1, 0.15) is 51.9 Å². The predicted molar refractivity (Wildman–Crippen MR) is 79.0 cm³/mol. The third-order valence-corrected chi connectivity index (χ3v) is 4.07. The molecule has 108 valence electrons. The summed E-state index contributed by atoms with van der Waals surface area (Å²) >= 11 is 0. The fraction of sp³-hybridized carbons (Fsp3) is 0.750. The topological polar surface area (TPSA) is 28.4 Å². The smallest absolute Gasteiger partial charge is 0.122 e. The quantitative estimate of drug-likeness (QED) is 0.853. The van der Waals surface area contributed by atoms with Crippen molar-refractivity contribution in [3.8, 4) is 0 Å². The van der Waals surface area contributed by atoms with Crippen molar-refractivity contribution >= 4 is 0 Å². The van der Waals surface area contributed by atoms with Gasteiger partial charge in [0, 0.05) is 24.2 Å². The molecule has 19 heavy (non-hydrogen) atoms. The van der Waals surface area contributed by atoms with E-state index in [1.54, 1.807) is 0 Å². The van der Waals surface area contributed by atoms with Crippen LogP contribution >= 0.6 is 0 Å². The van der Waals surface area contributed by atoms with Crippen molar-refractivity contribution in [1.82, 2.24) is 10.2 Å². The first-order valence-electron chi connectivity index (χ1n) is 7.60. The molecule has 1 saturated heterocycles. The van der Waals surface area contributed by atoms with Gasteiger partial charge in [0.05, 0.1) is 12.8 Å². The van der Waals surface area contributed by atoms with Gasteiger partial charge in [0.15, 0.2) is 0 Å². The molecule has 2 rings (SSSR count). The maximum atomic E-state index is 5.71. The molecule has 1 N–H and O–H groups in total. The summed E-state index contributed by atoms with van der Waals surface area (Å²) in [5.74, 6) is 1.87. The summed E-state index contributed by atoms with van der Waals surface area (Å²) in [4.78, 5) is 2.59. The van der Waals surface area contributed by atoms with Crippen molar-refractivity contribution in [3.05, 3.63) is 23.7 Å². The van der Waals surface area contributed by atoms with Gasteiger partial charge in [0.2, 0.25) is 0 Å². The molecule has 2 heterocycles. The second-order valence-electron chi connectivity index (χ2n) is 6.33. The van der Waals surface area contributed by atoms with E-state index >= 15 is 0 Å². The summed E-state index contributed by atoms with van der Waals surface area (Å²) in [7, 11) is 0. The van der Waals surface area contributed by atoms with Gasteiger partial charge in [-0.1, -0.05) is 27.7 Å². The highest BCUT2D eigenvalue weighted by Gasteiger charge is 2.28. The Morgan fingerprint density at radius 1 is 1.37 bits per heavy atom. The van der Waals surface area contributed by atoms with E-state index in [-0.39, 0.29) is 0 Å². The number of furan rings is 1. The van der Waals surface area contributed by atoms with Crippen molar-refractivity contribution in [2.24, 2.45) is 5.92 Å². The van der Waals surface area contributed by atoms with Crippen LogP contribution in [0.25, 0.3) is 0 Å². The van der Waals surface area contributed by atoms with Crippen molar-refractivity contribution in [2.45, 2.75) is 65.7 Å². The normalized spacial score (nSPS) is 20.8. The largest absolute Gasteiger partial charge is 0.468 e. The van der Waals surface area contributed by atoms with Crippen molar-refractivity contribution in [3.63, 3.8) is 0 Å². The lowest BCUT2D eigenvalue weighted by Crippen LogP contribution is -2.33. The van der Waals surface area contributed by atoms with E-state index in [0.717, 1.165) is 30.8 Å². The Balaban J connectivity index is 1.97. The van der Waals surface area contributed by atoms with Gasteiger partial charge in [0.25, 0.3) is 0 Å². The molecule has 0 aromatic carbocycles. The summed E-state index contributed by atoms with van der Waals surface area (Å²) in [6, 6.07) is 3.33. The van der Waals surface area contributed by atoms with Crippen LogP contribution in [-0.4, -0.2) is 23.5 Å². The van der Waals surface area contributed by atoms with Gasteiger partial charge in [-0.2, -0.15) is 0 Å². The Morgan fingerprint density at radius 2 is 2.16 bits per heavy atom. The Labute approximate surface area is 117 Å². The van der Waals surface area contributed by atoms with Crippen LogP contribution in [0, 0.1) is 5.92 Å². The molecule has 0 radical (unpaired) electrons. The number of hydrogen-bond donors (Lipinski definition) is 1. The Hall–Kier alpha value is -0.800. The Bertz CT molecular complexity index is 384. The fourth-order valence-corrected chi connectivity index (χ4v) is 2.96. The van der Waals surface area contributed by atoms with Gasteiger partial charge >= 0.3 is 0 Å². The van der Waals surface area contributed by atoms with Gasteiger partial charge in [-0.25, -0.2) is 0 Å². The van der Waals surface area contributed by atoms with E-state index in [2.05, 4.69) is 44.0 Å². The van der Waals surface area contributed by atoms with E-state index < -0.39 is 0 Å². The molecule has 0 saturated carbocycles. The molecule has 1 fully saturated rings. The van der Waals surface area contributed by atoms with Crippen molar-refractivity contribution in [2.75, 3.05) is 6.54 Å². The first kappa shape index (κ1) is 14.6. The predicted octanol–water partition coefficient (Wildman–Crippen LogP) is 3.40. The third kappa shape index (κ3) is 3.83. The number of hydrogen-bond acceptors (Lipinski definition) is 3. The molecule has 0 amide bonds. The van der Waals surface area contributed by atoms with E-state index in [1.165, 1.54) is 24.9 Å². The Morgan fingerprint density at radius 3 is 2.84 bits per heavy atom. The van der Waals surface area contributed by atoms with Crippen molar-refractivity contribution < 1.29 is 4.42 Å². The van der Waals surface area contributed by atoms with Crippen LogP contribution < -0.4 is 5.32 Å². The molecule has 0 aliphatic carbocycles. The lowest BCUT2D eigenvalue weighted by Gasteiger charge is -2.27. The van der Waals surface area contributed by atoms with Gasteiger partial charge in [0.1, 0.15) is 5.76 Å². The molecular weight excluding hydrogens is 236 g/mol. The highest BCUT2D eigenvalue weighted by Crippen LogP contribution is 2.26. The number of nitrogens with one attached hydrogen (secondary N) is 1. The highest BCUT2D eigenvalue weighted by molar-refractivity contribution is 5.17. The maximum Gasteiger partial charge on any atom is 0.122 e. The maximum absolute atomic E-state index is 5.71. The lowest BCUT2D eigenvalue weighted by molar-refractivity contribution is 0.184. The summed E-state index contributed by atoms with van der Waals surface area (Å²) in [6.07, 6.45) is 4.48. The minimum Gasteiger partial charge on any atom is -0.468 e. The third-order valence-electron chi connectivity index (χ3n) is 4.07. The van der Waals surface area contributed by atoms with E-state index in [4.69, 9.17) is 4.42 Å². The van der Waals surface area contributed by atoms with Crippen LogP contribution in [0.2, 0.25) is 0 Å². The molecule has 0 bridgehead atoms. The lowest BCUT2D eigenvalue weighted by atomic mass is 10.0. The second kappa shape index (κ2) is 6.58. The SMILES string of the molecule is CC(C)NCc1ccoc1CN1CCCC1C(C)C. The summed E-state index contributed by atoms with van der Waals surface area (Å²) < 4.78 is 5.71. The van der Waals surface area contributed by atoms with Gasteiger partial charge in [-0.05, 0) is 31.4 Å². The van der Waals surface area contributed by atoms with Gasteiger partial charge in [-0.15, -0.1) is 0 Å². The monoisotopic (exact) mass is 264 g/mol. The number of rotatable bonds is 6. The fourth-order valence-electron chi connectivity index (χ4n) is 2.96. The number of likely N-dealkylation sites (tertiary alicyclic amines) is 1. The van der Waals surface area contributed by atoms with Crippen LogP contribution in [0.3, 0.4) is 0 Å². The highest BCUT2D eigenvalue weighted by atomic mass is 16.3. The molecule has 3 heteroatoms. The first-order chi connectivity index (χ1) is 9.08. The van der Waals surface area contributed by atoms with Gasteiger partial charge < -0.3 is 9.73 Å². The molecule has 1 aromatic heterocycles. The van der Waals surface area contributed by atoms with Crippen LogP contribution in [0.15, 0.2) is 16.7 Å². The first-order valence-corrected chi connectivity index (χ1v) is 7.60. The minimum atomic E-state index is 0.512. The molecule has 1 aliphatic rings. The summed E-state index contributed by atoms with van der Waals surface area (Å²) in [5.41, 5.74) is 1.31. The molecule has 3 nitrogen and oxygen atoms in total. The van der Waals surface area contributed by atoms with Crippen LogP contribution in [0.4, 0.5) is 0 Å². The van der Waals surface area contributed by atoms with E-state index in [9.17, 15) is 0 Å². The summed E-state index contributed by atoms with van der Waals surface area (Å²) in [5, 5.41) is 3.47. The van der Waals surface area contributed by atoms with Gasteiger partial charge in [-0.3, -0.25) is 4.90 Å². The zero-order valence-corrected chi connectivity index (χ0v) is 12.8. The average molecular weight is 264 g/mol. The van der Waals surface area contributed by atoms with Crippen LogP contribution in [0.5, 0.6) is 0 Å². The molecule has 0 spiro atoms. The molecule has 1 unspecified atom stereocenters. The number of nitrogens with zero attached hydrogens (tertiary/aromatic N) is 1. The zero-order valence-electron chi connectivity index (χ0n) is 12.8. The van der Waals surface area contributed by atoms with E-state index in [1.807, 2.05) is 6.26 Å². The van der Waals surface area contributed by atoms with Crippen LogP contribution in [-0.2, 0) is 13.1 Å². The van der Waals surface area contributed by atoms with Crippen molar-refractivity contribution in [1.29, 1.82) is 0 Å². The second-order valence-corrected chi connectivity index (χ2v) is 6.33. The minimum absolute atomic E-state index is 0.512. The standard InChI is InChI=1S/C16H28N2O/c1-12(2)15-6-5-8-18(15)11-16-14(7-9-19-16)10-17-13(3)4/h7,9,12-13,15,17H,5-6,8,10-11H2,1-4H3. The molecule has 1 aromatic rings. The average Bonchev–Trinajstić information content (AvgIpc) is 2.96. The molecular formula is C16H28N2O. The summed E-state index contributed by atoms with van der Waals surface area (Å²) in [6.45, 7) is 12.1. The molecule has 1 atom stereocenters. The Kier molecular flexibility index (Phi) is 5.06. The van der Waals surface area contributed by atoms with E-state index in [0.29, 0.717) is 6.04 Å². The molecule has 1 aliphatic heterocycles.